The lowest BCUT2D eigenvalue weighted by Crippen LogP contribution is -2.26. The summed E-state index contributed by atoms with van der Waals surface area (Å²) in [7, 11) is 2.07. The lowest BCUT2D eigenvalue weighted by atomic mass is 9.85. The second-order valence-electron chi connectivity index (χ2n) is 10.2. The lowest BCUT2D eigenvalue weighted by Gasteiger charge is -2.21. The SMILES string of the molecule is CCc1nc2c(s1)C=C1CCN(CCCSc3nnc(-c4cccc5nc(C)ccc45)n3C)CCC1C2. The highest BCUT2D eigenvalue weighted by Gasteiger charge is 2.27. The van der Waals surface area contributed by atoms with Crippen molar-refractivity contribution in [1.29, 1.82) is 0 Å². The van der Waals surface area contributed by atoms with Crippen LogP contribution in [0, 0.1) is 12.8 Å². The summed E-state index contributed by atoms with van der Waals surface area (Å²) < 4.78 is 2.12. The minimum atomic E-state index is 0.684. The molecule has 0 bridgehead atoms. The van der Waals surface area contributed by atoms with Gasteiger partial charge in [-0.25, -0.2) is 4.98 Å². The molecule has 4 aromatic rings. The predicted octanol–water partition coefficient (Wildman–Crippen LogP) is 6.19. The van der Waals surface area contributed by atoms with Gasteiger partial charge < -0.3 is 9.47 Å². The van der Waals surface area contributed by atoms with Crippen molar-refractivity contribution in [1.82, 2.24) is 29.6 Å². The molecule has 6 rings (SSSR count). The summed E-state index contributed by atoms with van der Waals surface area (Å²) in [6, 6.07) is 10.4. The zero-order valence-corrected chi connectivity index (χ0v) is 23.5. The van der Waals surface area contributed by atoms with Crippen LogP contribution in [-0.2, 0) is 19.9 Å². The number of aryl methyl sites for hydroxylation is 2. The summed E-state index contributed by atoms with van der Waals surface area (Å²) in [6.07, 6.45) is 8.27. The molecule has 0 amide bonds. The molecule has 1 unspecified atom stereocenters. The van der Waals surface area contributed by atoms with Gasteiger partial charge in [-0.1, -0.05) is 42.5 Å². The van der Waals surface area contributed by atoms with Crippen LogP contribution in [0.4, 0.5) is 0 Å². The third kappa shape index (κ3) is 5.11. The molecule has 1 atom stereocenters. The minimum absolute atomic E-state index is 0.684. The molecule has 2 aliphatic rings. The van der Waals surface area contributed by atoms with Gasteiger partial charge in [0.25, 0.3) is 0 Å². The minimum Gasteiger partial charge on any atom is -0.305 e. The predicted molar refractivity (Wildman–Crippen MR) is 154 cm³/mol. The number of nitrogens with zero attached hydrogens (tertiary/aromatic N) is 6. The largest absolute Gasteiger partial charge is 0.305 e. The highest BCUT2D eigenvalue weighted by atomic mass is 32.2. The smallest absolute Gasteiger partial charge is 0.191 e. The molecule has 6 nitrogen and oxygen atoms in total. The first-order chi connectivity index (χ1) is 18.1. The number of likely N-dealkylation sites (tertiary alicyclic amines) is 1. The Labute approximate surface area is 227 Å². The Morgan fingerprint density at radius 1 is 1.11 bits per heavy atom. The third-order valence-electron chi connectivity index (χ3n) is 7.66. The molecule has 8 heteroatoms. The molecular weight excluding hydrogens is 496 g/mol. The van der Waals surface area contributed by atoms with E-state index < -0.39 is 0 Å². The first kappa shape index (κ1) is 24.8. The maximum absolute atomic E-state index is 4.89. The van der Waals surface area contributed by atoms with Crippen molar-refractivity contribution in [2.24, 2.45) is 13.0 Å². The van der Waals surface area contributed by atoms with Crippen molar-refractivity contribution in [2.75, 3.05) is 25.4 Å². The number of fused-ring (bicyclic) bond motifs is 3. The molecule has 192 valence electrons. The van der Waals surface area contributed by atoms with Gasteiger partial charge in [0.05, 0.1) is 21.1 Å². The van der Waals surface area contributed by atoms with Gasteiger partial charge in [0.1, 0.15) is 0 Å². The first-order valence-electron chi connectivity index (χ1n) is 13.4. The van der Waals surface area contributed by atoms with Gasteiger partial charge in [0, 0.05) is 36.0 Å². The monoisotopic (exact) mass is 530 g/mol. The second kappa shape index (κ2) is 10.7. The van der Waals surface area contributed by atoms with Crippen LogP contribution in [0.25, 0.3) is 28.4 Å². The van der Waals surface area contributed by atoms with Crippen molar-refractivity contribution >= 4 is 40.1 Å². The number of thioether (sulfide) groups is 1. The van der Waals surface area contributed by atoms with E-state index in [0.29, 0.717) is 5.92 Å². The van der Waals surface area contributed by atoms with Crippen molar-refractivity contribution in [3.05, 3.63) is 57.2 Å². The van der Waals surface area contributed by atoms with E-state index in [0.717, 1.165) is 64.7 Å². The topological polar surface area (TPSA) is 59.7 Å². The Kier molecular flexibility index (Phi) is 7.14. The molecular formula is C29H34N6S2. The van der Waals surface area contributed by atoms with Gasteiger partial charge in [0.15, 0.2) is 11.0 Å². The number of benzene rings is 1. The Morgan fingerprint density at radius 2 is 2.03 bits per heavy atom. The molecule has 1 aliphatic heterocycles. The van der Waals surface area contributed by atoms with E-state index in [1.807, 2.05) is 30.0 Å². The van der Waals surface area contributed by atoms with Crippen LogP contribution < -0.4 is 0 Å². The summed E-state index contributed by atoms with van der Waals surface area (Å²) in [5, 5.41) is 12.5. The summed E-state index contributed by atoms with van der Waals surface area (Å²) in [6.45, 7) is 7.74. The molecule has 1 aromatic carbocycles. The molecule has 1 saturated heterocycles. The summed E-state index contributed by atoms with van der Waals surface area (Å²) in [5.74, 6) is 2.63. The quantitative estimate of drug-likeness (QED) is 0.210. The number of hydrogen-bond acceptors (Lipinski definition) is 7. The summed E-state index contributed by atoms with van der Waals surface area (Å²) >= 11 is 3.70. The average molecular weight is 531 g/mol. The Morgan fingerprint density at radius 3 is 2.92 bits per heavy atom. The maximum Gasteiger partial charge on any atom is 0.191 e. The van der Waals surface area contributed by atoms with Crippen molar-refractivity contribution in [2.45, 2.75) is 51.1 Å². The van der Waals surface area contributed by atoms with E-state index >= 15 is 0 Å². The van der Waals surface area contributed by atoms with Gasteiger partial charge >= 0.3 is 0 Å². The Balaban J connectivity index is 1.04. The van der Waals surface area contributed by atoms with Crippen LogP contribution in [0.2, 0.25) is 0 Å². The number of rotatable bonds is 7. The van der Waals surface area contributed by atoms with E-state index in [1.165, 1.54) is 41.5 Å². The van der Waals surface area contributed by atoms with Crippen molar-refractivity contribution in [3.63, 3.8) is 0 Å². The van der Waals surface area contributed by atoms with Crippen LogP contribution >= 0.6 is 23.1 Å². The van der Waals surface area contributed by atoms with E-state index in [-0.39, 0.29) is 0 Å². The maximum atomic E-state index is 4.89. The number of pyridine rings is 1. The Hall–Kier alpha value is -2.55. The fourth-order valence-corrected chi connectivity index (χ4v) is 7.42. The zero-order valence-electron chi connectivity index (χ0n) is 21.9. The normalized spacial score (nSPS) is 17.9. The first-order valence-corrected chi connectivity index (χ1v) is 15.2. The van der Waals surface area contributed by atoms with Crippen LogP contribution in [0.15, 0.2) is 41.1 Å². The number of aromatic nitrogens is 5. The third-order valence-corrected chi connectivity index (χ3v) is 9.96. The van der Waals surface area contributed by atoms with Gasteiger partial charge in [-0.3, -0.25) is 4.98 Å². The molecule has 0 spiro atoms. The Bertz CT molecular complexity index is 1450. The molecule has 3 aromatic heterocycles. The summed E-state index contributed by atoms with van der Waals surface area (Å²) in [4.78, 5) is 13.6. The molecule has 0 saturated carbocycles. The van der Waals surface area contributed by atoms with Crippen LogP contribution in [0.5, 0.6) is 0 Å². The lowest BCUT2D eigenvalue weighted by molar-refractivity contribution is 0.282. The van der Waals surface area contributed by atoms with E-state index in [2.05, 4.69) is 75.0 Å². The summed E-state index contributed by atoms with van der Waals surface area (Å²) in [5.41, 5.74) is 6.11. The molecule has 1 fully saturated rings. The van der Waals surface area contributed by atoms with Gasteiger partial charge in [0.2, 0.25) is 0 Å². The van der Waals surface area contributed by atoms with Crippen molar-refractivity contribution in [3.8, 4) is 11.4 Å². The van der Waals surface area contributed by atoms with Crippen molar-refractivity contribution < 1.29 is 0 Å². The zero-order chi connectivity index (χ0) is 25.4. The highest BCUT2D eigenvalue weighted by molar-refractivity contribution is 7.99. The fraction of sp³-hybridized carbons (Fsp3) is 0.448. The highest BCUT2D eigenvalue weighted by Crippen LogP contribution is 2.37. The van der Waals surface area contributed by atoms with E-state index in [1.54, 1.807) is 5.57 Å². The molecule has 0 radical (unpaired) electrons. The molecule has 1 aliphatic carbocycles. The van der Waals surface area contributed by atoms with Crippen LogP contribution in [0.1, 0.15) is 47.5 Å². The van der Waals surface area contributed by atoms with Crippen LogP contribution in [-0.4, -0.2) is 55.0 Å². The fourth-order valence-electron chi connectivity index (χ4n) is 5.58. The second-order valence-corrected chi connectivity index (χ2v) is 12.3. The number of thiazole rings is 1. The van der Waals surface area contributed by atoms with Gasteiger partial charge in [-0.15, -0.1) is 21.5 Å². The van der Waals surface area contributed by atoms with Gasteiger partial charge in [-0.05, 0) is 76.2 Å². The standard InChI is InChI=1S/C29H34N6S2/c1-4-27-31-25-17-20-11-14-35(15-12-21(20)18-26(25)37-27)13-6-16-36-29-33-32-28(34(29)3)23-7-5-8-24-22(23)10-9-19(2)30-24/h5,7-10,18,20H,4,6,11-17H2,1-3H3. The van der Waals surface area contributed by atoms with E-state index in [9.17, 15) is 0 Å². The number of hydrogen-bond donors (Lipinski definition) is 0. The average Bonchev–Trinajstić information content (AvgIpc) is 3.42. The van der Waals surface area contributed by atoms with Gasteiger partial charge in [-0.2, -0.15) is 0 Å². The van der Waals surface area contributed by atoms with Crippen LogP contribution in [0.3, 0.4) is 0 Å². The molecule has 0 N–H and O–H groups in total. The van der Waals surface area contributed by atoms with E-state index in [4.69, 9.17) is 4.98 Å². The molecule has 37 heavy (non-hydrogen) atoms. The molecule has 4 heterocycles.